The van der Waals surface area contributed by atoms with E-state index in [1.165, 1.54) is 30.3 Å². The summed E-state index contributed by atoms with van der Waals surface area (Å²) in [6.07, 6.45) is 0. The molecule has 0 aliphatic carbocycles. The van der Waals surface area contributed by atoms with Crippen LogP contribution in [0.5, 0.6) is 0 Å². The summed E-state index contributed by atoms with van der Waals surface area (Å²) in [5.41, 5.74) is 1.17. The first-order chi connectivity index (χ1) is 13.9. The maximum atomic E-state index is 12.6. The normalized spacial score (nSPS) is 12.5. The molecule has 3 aromatic rings. The van der Waals surface area contributed by atoms with E-state index in [1.54, 1.807) is 31.2 Å². The summed E-state index contributed by atoms with van der Waals surface area (Å²) in [7, 11) is -7.69. The molecule has 2 N–H and O–H groups in total. The van der Waals surface area contributed by atoms with Crippen molar-refractivity contribution in [3.63, 3.8) is 0 Å². The zero-order chi connectivity index (χ0) is 22.2. The van der Waals surface area contributed by atoms with Crippen LogP contribution in [0.1, 0.15) is 32.1 Å². The maximum absolute atomic E-state index is 12.6. The van der Waals surface area contributed by atoms with E-state index in [0.717, 1.165) is 5.56 Å². The van der Waals surface area contributed by atoms with Crippen LogP contribution in [0.4, 0.5) is 11.5 Å². The maximum Gasteiger partial charge on any atom is 0.263 e. The molecule has 0 aliphatic heterocycles. The highest BCUT2D eigenvalue weighted by molar-refractivity contribution is 7.93. The Bertz CT molecular complexity index is 1240. The lowest BCUT2D eigenvalue weighted by molar-refractivity contribution is 0.400. The topological polar surface area (TPSA) is 118 Å². The Morgan fingerprint density at radius 2 is 1.30 bits per heavy atom. The van der Waals surface area contributed by atoms with Crippen molar-refractivity contribution >= 4 is 31.6 Å². The summed E-state index contributed by atoms with van der Waals surface area (Å²) < 4.78 is 59.7. The number of benzene rings is 2. The molecule has 0 amide bonds. The third-order valence-corrected chi connectivity index (χ3v) is 7.08. The SMILES string of the molecule is Cc1cc(NS(=O)(=O)c2ccc(NS(=O)(=O)c3ccc(C(C)(C)C)cc3)cc2)no1. The molecule has 0 spiro atoms. The van der Waals surface area contributed by atoms with Crippen LogP contribution in [0.3, 0.4) is 0 Å². The molecule has 0 unspecified atom stereocenters. The van der Waals surface area contributed by atoms with Crippen molar-refractivity contribution in [3.8, 4) is 0 Å². The van der Waals surface area contributed by atoms with Gasteiger partial charge >= 0.3 is 0 Å². The summed E-state index contributed by atoms with van der Waals surface area (Å²) >= 11 is 0. The van der Waals surface area contributed by atoms with Gasteiger partial charge in [-0.3, -0.25) is 9.44 Å². The number of nitrogens with zero attached hydrogens (tertiary/aromatic N) is 1. The van der Waals surface area contributed by atoms with Crippen LogP contribution in [0.15, 0.2) is 68.9 Å². The molecule has 160 valence electrons. The Labute approximate surface area is 176 Å². The van der Waals surface area contributed by atoms with Gasteiger partial charge in [-0.25, -0.2) is 16.8 Å². The summed E-state index contributed by atoms with van der Waals surface area (Å²) in [5, 5.41) is 3.59. The lowest BCUT2D eigenvalue weighted by Gasteiger charge is -2.19. The number of aryl methyl sites for hydroxylation is 1. The first-order valence-corrected chi connectivity index (χ1v) is 12.0. The van der Waals surface area contributed by atoms with Gasteiger partial charge in [0.25, 0.3) is 20.0 Å². The molecule has 30 heavy (non-hydrogen) atoms. The van der Waals surface area contributed by atoms with Gasteiger partial charge < -0.3 is 4.52 Å². The van der Waals surface area contributed by atoms with Gasteiger partial charge in [0.2, 0.25) is 0 Å². The van der Waals surface area contributed by atoms with Crippen LogP contribution in [0.2, 0.25) is 0 Å². The number of nitrogens with one attached hydrogen (secondary N) is 2. The van der Waals surface area contributed by atoms with Gasteiger partial charge in [0.15, 0.2) is 5.82 Å². The molecule has 2 aromatic carbocycles. The number of rotatable bonds is 6. The Morgan fingerprint density at radius 3 is 1.77 bits per heavy atom. The van der Waals surface area contributed by atoms with Crippen molar-refractivity contribution < 1.29 is 21.4 Å². The van der Waals surface area contributed by atoms with Crippen LogP contribution < -0.4 is 9.44 Å². The number of sulfonamides is 2. The van der Waals surface area contributed by atoms with Gasteiger partial charge in [-0.15, -0.1) is 0 Å². The highest BCUT2D eigenvalue weighted by atomic mass is 32.2. The number of hydrogen-bond acceptors (Lipinski definition) is 6. The average Bonchev–Trinajstić information content (AvgIpc) is 3.05. The highest BCUT2D eigenvalue weighted by Crippen LogP contribution is 2.25. The van der Waals surface area contributed by atoms with Crippen LogP contribution in [-0.2, 0) is 25.5 Å². The third kappa shape index (κ3) is 5.00. The van der Waals surface area contributed by atoms with Gasteiger partial charge in [0.1, 0.15) is 5.76 Å². The predicted octanol–water partition coefficient (Wildman–Crippen LogP) is 3.88. The molecule has 8 nitrogen and oxygen atoms in total. The molecular formula is C20H23N3O5S2. The molecule has 0 aliphatic rings. The molecule has 0 fully saturated rings. The molecule has 0 saturated heterocycles. The smallest absolute Gasteiger partial charge is 0.263 e. The van der Waals surface area contributed by atoms with E-state index in [0.29, 0.717) is 5.76 Å². The van der Waals surface area contributed by atoms with Crippen LogP contribution in [0, 0.1) is 6.92 Å². The second-order valence-corrected chi connectivity index (χ2v) is 11.2. The van der Waals surface area contributed by atoms with E-state index in [1.807, 2.05) is 20.8 Å². The van der Waals surface area contributed by atoms with E-state index in [2.05, 4.69) is 14.6 Å². The van der Waals surface area contributed by atoms with Crippen molar-refractivity contribution in [1.82, 2.24) is 5.16 Å². The van der Waals surface area contributed by atoms with Crippen molar-refractivity contribution in [2.24, 2.45) is 0 Å². The van der Waals surface area contributed by atoms with Crippen molar-refractivity contribution in [2.75, 3.05) is 9.44 Å². The van der Waals surface area contributed by atoms with Crippen LogP contribution in [0.25, 0.3) is 0 Å². The summed E-state index contributed by atoms with van der Waals surface area (Å²) in [6, 6.07) is 13.5. The first kappa shape index (κ1) is 21.8. The van der Waals surface area contributed by atoms with Gasteiger partial charge in [0.05, 0.1) is 9.79 Å². The fraction of sp³-hybridized carbons (Fsp3) is 0.250. The molecule has 0 bridgehead atoms. The lowest BCUT2D eigenvalue weighted by Crippen LogP contribution is -2.15. The zero-order valence-corrected chi connectivity index (χ0v) is 18.6. The Kier molecular flexibility index (Phi) is 5.66. The molecule has 0 atom stereocenters. The molecule has 1 heterocycles. The summed E-state index contributed by atoms with van der Waals surface area (Å²) in [6.45, 7) is 7.78. The van der Waals surface area contributed by atoms with Gasteiger partial charge in [-0.05, 0) is 54.3 Å². The van der Waals surface area contributed by atoms with Crippen LogP contribution in [-0.4, -0.2) is 22.0 Å². The summed E-state index contributed by atoms with van der Waals surface area (Å²) in [4.78, 5) is 0.0795. The van der Waals surface area contributed by atoms with Gasteiger partial charge in [-0.1, -0.05) is 38.1 Å². The second-order valence-electron chi connectivity index (χ2n) is 7.83. The van der Waals surface area contributed by atoms with E-state index in [9.17, 15) is 16.8 Å². The Balaban J connectivity index is 1.76. The summed E-state index contributed by atoms with van der Waals surface area (Å²) in [5.74, 6) is 0.531. The Hall–Kier alpha value is -2.85. The standard InChI is InChI=1S/C20H23N3O5S2/c1-14-13-19(21-28-14)23-30(26,27)18-11-7-16(8-12-18)22-29(24,25)17-9-5-15(6-10-17)20(2,3)4/h5-13,22H,1-4H3,(H,21,23). The Morgan fingerprint density at radius 1 is 0.800 bits per heavy atom. The minimum Gasteiger partial charge on any atom is -0.360 e. The van der Waals surface area contributed by atoms with E-state index >= 15 is 0 Å². The second kappa shape index (κ2) is 7.77. The molecule has 0 radical (unpaired) electrons. The molecule has 3 rings (SSSR count). The highest BCUT2D eigenvalue weighted by Gasteiger charge is 2.19. The monoisotopic (exact) mass is 449 g/mol. The van der Waals surface area contributed by atoms with E-state index < -0.39 is 20.0 Å². The number of hydrogen-bond donors (Lipinski definition) is 2. The quantitative estimate of drug-likeness (QED) is 0.589. The minimum atomic E-state index is -3.88. The van der Waals surface area contributed by atoms with Gasteiger partial charge in [0, 0.05) is 11.8 Å². The van der Waals surface area contributed by atoms with Crippen molar-refractivity contribution in [3.05, 3.63) is 65.9 Å². The molecule has 10 heteroatoms. The predicted molar refractivity (Wildman–Crippen MR) is 114 cm³/mol. The largest absolute Gasteiger partial charge is 0.360 e. The van der Waals surface area contributed by atoms with Crippen molar-refractivity contribution in [2.45, 2.75) is 42.9 Å². The van der Waals surface area contributed by atoms with Gasteiger partial charge in [-0.2, -0.15) is 0 Å². The molecule has 0 saturated carbocycles. The molecule has 1 aromatic heterocycles. The third-order valence-electron chi connectivity index (χ3n) is 4.31. The first-order valence-electron chi connectivity index (χ1n) is 9.06. The fourth-order valence-electron chi connectivity index (χ4n) is 2.66. The fourth-order valence-corrected chi connectivity index (χ4v) is 4.70. The number of aromatic nitrogens is 1. The minimum absolute atomic E-state index is 0.0411. The number of anilines is 2. The molecular weight excluding hydrogens is 426 g/mol. The average molecular weight is 450 g/mol. The van der Waals surface area contributed by atoms with Crippen molar-refractivity contribution in [1.29, 1.82) is 0 Å². The van der Waals surface area contributed by atoms with Crippen LogP contribution >= 0.6 is 0 Å². The van der Waals surface area contributed by atoms with E-state index in [-0.39, 0.29) is 26.7 Å². The zero-order valence-electron chi connectivity index (χ0n) is 17.0. The lowest BCUT2D eigenvalue weighted by atomic mass is 9.87. The van der Waals surface area contributed by atoms with E-state index in [4.69, 9.17) is 4.52 Å².